The second-order valence-corrected chi connectivity index (χ2v) is 10.3. The van der Waals surface area contributed by atoms with Gasteiger partial charge in [-0.3, -0.25) is 9.36 Å². The van der Waals surface area contributed by atoms with Gasteiger partial charge in [0.25, 0.3) is 0 Å². The molecule has 1 heterocycles. The van der Waals surface area contributed by atoms with Crippen molar-refractivity contribution >= 4 is 26.8 Å². The number of carbonyl (C=O) groups is 1. The summed E-state index contributed by atoms with van der Waals surface area (Å²) in [5.74, 6) is -1.03. The van der Waals surface area contributed by atoms with E-state index in [1.807, 2.05) is 13.8 Å². The summed E-state index contributed by atoms with van der Waals surface area (Å²) in [5, 5.41) is 2.80. The van der Waals surface area contributed by atoms with Crippen LogP contribution in [0.4, 0.5) is 0 Å². The summed E-state index contributed by atoms with van der Waals surface area (Å²) in [6.45, 7) is 5.68. The van der Waals surface area contributed by atoms with Crippen LogP contribution in [0.3, 0.4) is 0 Å². The first-order chi connectivity index (χ1) is 14.2. The normalized spacial score (nSPS) is 16.4. The van der Waals surface area contributed by atoms with Crippen LogP contribution in [0.25, 0.3) is 11.1 Å². The van der Waals surface area contributed by atoms with Crippen molar-refractivity contribution in [1.29, 1.82) is 0 Å². The van der Waals surface area contributed by atoms with Gasteiger partial charge in [0.05, 0.1) is 10.4 Å². The Morgan fingerprint density at radius 3 is 2.53 bits per heavy atom. The lowest BCUT2D eigenvalue weighted by Gasteiger charge is -2.20. The van der Waals surface area contributed by atoms with Crippen molar-refractivity contribution in [3.05, 3.63) is 64.1 Å². The molecule has 8 heteroatoms. The van der Waals surface area contributed by atoms with Gasteiger partial charge in [0.1, 0.15) is 0 Å². The summed E-state index contributed by atoms with van der Waals surface area (Å²) in [6, 6.07) is 11.5. The molecule has 0 radical (unpaired) electrons. The van der Waals surface area contributed by atoms with E-state index in [1.54, 1.807) is 49.4 Å². The average molecular weight is 429 g/mol. The highest BCUT2D eigenvalue weighted by Crippen LogP contribution is 2.47. The van der Waals surface area contributed by atoms with Crippen LogP contribution in [0.15, 0.2) is 56.6 Å². The number of rotatable bonds is 6. The Bertz CT molecular complexity index is 1300. The zero-order valence-electron chi connectivity index (χ0n) is 17.1. The number of amides is 1. The van der Waals surface area contributed by atoms with E-state index < -0.39 is 32.3 Å². The fraction of sp³-hybridized carbons (Fsp3) is 0.364. The zero-order valence-corrected chi connectivity index (χ0v) is 18.0. The number of nitrogens with one attached hydrogen (secondary N) is 1. The van der Waals surface area contributed by atoms with E-state index >= 15 is 0 Å². The molecule has 1 aliphatic carbocycles. The van der Waals surface area contributed by atoms with Gasteiger partial charge in [-0.25, -0.2) is 13.2 Å². The molecule has 0 aliphatic heterocycles. The largest absolute Gasteiger partial charge is 0.420 e. The van der Waals surface area contributed by atoms with Crippen molar-refractivity contribution in [3.63, 3.8) is 0 Å². The van der Waals surface area contributed by atoms with E-state index in [0.29, 0.717) is 11.1 Å². The van der Waals surface area contributed by atoms with Crippen LogP contribution in [0, 0.1) is 13.8 Å². The van der Waals surface area contributed by atoms with Gasteiger partial charge in [-0.2, -0.15) is 0 Å². The van der Waals surface area contributed by atoms with Crippen LogP contribution in [0.1, 0.15) is 30.9 Å². The summed E-state index contributed by atoms with van der Waals surface area (Å²) in [6.07, 6.45) is 0.574. The Labute approximate surface area is 174 Å². The molecule has 0 unspecified atom stereocenters. The summed E-state index contributed by atoms with van der Waals surface area (Å²) < 4.78 is 31.7. The molecule has 4 rings (SSSR count). The molecule has 1 N–H and O–H groups in total. The van der Waals surface area contributed by atoms with Gasteiger partial charge in [0.2, 0.25) is 5.91 Å². The van der Waals surface area contributed by atoms with Crippen molar-refractivity contribution in [2.24, 2.45) is 0 Å². The standard InChI is InChI=1S/C22H24N2O5S/c1-14-8-9-17(12-15(14)2)30(27,28)22(10-11-22)20(25)23-16(3)13-24-18-6-4-5-7-19(18)29-21(24)26/h4-9,12,16H,10-11,13H2,1-3H3,(H,23,25)/t16-/m1/s1. The van der Waals surface area contributed by atoms with E-state index in [-0.39, 0.29) is 24.3 Å². The van der Waals surface area contributed by atoms with Gasteiger partial charge in [-0.05, 0) is 69.0 Å². The molecule has 1 aliphatic rings. The second kappa shape index (κ2) is 7.12. The van der Waals surface area contributed by atoms with Crippen molar-refractivity contribution in [3.8, 4) is 0 Å². The quantitative estimate of drug-likeness (QED) is 0.651. The van der Waals surface area contributed by atoms with Crippen LogP contribution in [0.2, 0.25) is 0 Å². The molecule has 30 heavy (non-hydrogen) atoms. The van der Waals surface area contributed by atoms with Gasteiger partial charge in [0, 0.05) is 12.6 Å². The third-order valence-corrected chi connectivity index (χ3v) is 8.33. The van der Waals surface area contributed by atoms with Crippen LogP contribution >= 0.6 is 0 Å². The summed E-state index contributed by atoms with van der Waals surface area (Å²) in [5.41, 5.74) is 2.96. The maximum Gasteiger partial charge on any atom is 0.420 e. The molecule has 1 atom stereocenters. The monoisotopic (exact) mass is 428 g/mol. The number of hydrogen-bond acceptors (Lipinski definition) is 5. The fourth-order valence-electron chi connectivity index (χ4n) is 3.70. The number of nitrogens with zero attached hydrogens (tertiary/aromatic N) is 1. The van der Waals surface area contributed by atoms with Crippen molar-refractivity contribution in [2.45, 2.75) is 55.8 Å². The number of aromatic nitrogens is 1. The first-order valence-electron chi connectivity index (χ1n) is 9.87. The maximum atomic E-state index is 13.2. The lowest BCUT2D eigenvalue weighted by molar-refractivity contribution is -0.122. The predicted octanol–water partition coefficient (Wildman–Crippen LogP) is 2.72. The minimum absolute atomic E-state index is 0.169. The van der Waals surface area contributed by atoms with Crippen molar-refractivity contribution in [1.82, 2.24) is 9.88 Å². The molecule has 0 saturated heterocycles. The van der Waals surface area contributed by atoms with Crippen LogP contribution in [-0.2, 0) is 21.2 Å². The summed E-state index contributed by atoms with van der Waals surface area (Å²) in [7, 11) is -3.82. The van der Waals surface area contributed by atoms with E-state index in [1.165, 1.54) is 4.57 Å². The number of carbonyl (C=O) groups excluding carboxylic acids is 1. The number of oxazole rings is 1. The van der Waals surface area contributed by atoms with Gasteiger partial charge in [0.15, 0.2) is 20.2 Å². The lowest BCUT2D eigenvalue weighted by Crippen LogP contribution is -2.47. The average Bonchev–Trinajstić information content (AvgIpc) is 3.46. The Kier molecular flexibility index (Phi) is 4.85. The number of aryl methyl sites for hydroxylation is 2. The number of benzene rings is 2. The SMILES string of the molecule is Cc1ccc(S(=O)(=O)C2(C(=O)N[C@H](C)Cn3c(=O)oc4ccccc43)CC2)cc1C. The molecule has 0 bridgehead atoms. The molecule has 158 valence electrons. The molecule has 1 aromatic heterocycles. The van der Waals surface area contributed by atoms with E-state index in [4.69, 9.17) is 4.42 Å². The summed E-state index contributed by atoms with van der Waals surface area (Å²) >= 11 is 0. The molecule has 1 saturated carbocycles. The maximum absolute atomic E-state index is 13.2. The Morgan fingerprint density at radius 2 is 1.87 bits per heavy atom. The van der Waals surface area contributed by atoms with Crippen LogP contribution < -0.4 is 11.1 Å². The molecule has 2 aromatic carbocycles. The molecular formula is C22H24N2O5S. The first kappa shape index (κ1) is 20.4. The van der Waals surface area contributed by atoms with Crippen LogP contribution in [0.5, 0.6) is 0 Å². The first-order valence-corrected chi connectivity index (χ1v) is 11.4. The minimum Gasteiger partial charge on any atom is -0.408 e. The third kappa shape index (κ3) is 3.25. The molecule has 3 aromatic rings. The fourth-order valence-corrected chi connectivity index (χ4v) is 5.67. The number of fused-ring (bicyclic) bond motifs is 1. The zero-order chi connectivity index (χ0) is 21.7. The van der Waals surface area contributed by atoms with Gasteiger partial charge >= 0.3 is 5.76 Å². The minimum atomic E-state index is -3.82. The Balaban J connectivity index is 1.55. The van der Waals surface area contributed by atoms with Gasteiger partial charge < -0.3 is 9.73 Å². The van der Waals surface area contributed by atoms with E-state index in [9.17, 15) is 18.0 Å². The topological polar surface area (TPSA) is 98.4 Å². The third-order valence-electron chi connectivity index (χ3n) is 5.83. The molecular weight excluding hydrogens is 404 g/mol. The van der Waals surface area contributed by atoms with Gasteiger partial charge in [-0.1, -0.05) is 18.2 Å². The van der Waals surface area contributed by atoms with Crippen molar-refractivity contribution < 1.29 is 17.6 Å². The van der Waals surface area contributed by atoms with E-state index in [2.05, 4.69) is 5.32 Å². The van der Waals surface area contributed by atoms with Crippen LogP contribution in [-0.4, -0.2) is 29.7 Å². The molecule has 1 fully saturated rings. The predicted molar refractivity (Wildman–Crippen MR) is 113 cm³/mol. The number of hydrogen-bond donors (Lipinski definition) is 1. The van der Waals surface area contributed by atoms with Gasteiger partial charge in [-0.15, -0.1) is 0 Å². The molecule has 1 amide bonds. The number of para-hydroxylation sites is 2. The van der Waals surface area contributed by atoms with Crippen molar-refractivity contribution in [2.75, 3.05) is 0 Å². The molecule has 0 spiro atoms. The lowest BCUT2D eigenvalue weighted by atomic mass is 10.1. The second-order valence-electron chi connectivity index (χ2n) is 8.06. The highest BCUT2D eigenvalue weighted by Gasteiger charge is 2.61. The smallest absolute Gasteiger partial charge is 0.408 e. The highest BCUT2D eigenvalue weighted by atomic mass is 32.2. The Hall–Kier alpha value is -2.87. The van der Waals surface area contributed by atoms with E-state index in [0.717, 1.165) is 11.1 Å². The molecule has 7 nitrogen and oxygen atoms in total. The Morgan fingerprint density at radius 1 is 1.17 bits per heavy atom. The number of sulfone groups is 1. The highest BCUT2D eigenvalue weighted by molar-refractivity contribution is 7.94. The summed E-state index contributed by atoms with van der Waals surface area (Å²) in [4.78, 5) is 25.3.